The first-order valence-corrected chi connectivity index (χ1v) is 7.74. The minimum absolute atomic E-state index is 0.113. The van der Waals surface area contributed by atoms with Gasteiger partial charge in [-0.1, -0.05) is 24.0 Å². The van der Waals surface area contributed by atoms with Crippen molar-refractivity contribution < 1.29 is 5.11 Å². The molecule has 0 spiro atoms. The maximum atomic E-state index is 8.71. The molecular weight excluding hydrogens is 278 g/mol. The molecule has 0 aliphatic rings. The molecule has 21 heavy (non-hydrogen) atoms. The van der Waals surface area contributed by atoms with Crippen LogP contribution in [0.2, 0.25) is 0 Å². The van der Waals surface area contributed by atoms with Gasteiger partial charge in [0.15, 0.2) is 0 Å². The number of aliphatic hydroxyl groups is 1. The zero-order valence-electron chi connectivity index (χ0n) is 11.5. The van der Waals surface area contributed by atoms with Gasteiger partial charge in [0, 0.05) is 24.6 Å². The van der Waals surface area contributed by atoms with E-state index in [1.807, 2.05) is 18.3 Å². The van der Waals surface area contributed by atoms with E-state index in [0.29, 0.717) is 6.42 Å². The second-order valence-corrected chi connectivity index (χ2v) is 5.66. The summed E-state index contributed by atoms with van der Waals surface area (Å²) in [4.78, 5) is 4.51. The van der Waals surface area contributed by atoms with Crippen LogP contribution in [0.1, 0.15) is 23.2 Å². The third-order valence-corrected chi connectivity index (χ3v) is 4.22. The van der Waals surface area contributed by atoms with Crippen LogP contribution >= 0.6 is 11.3 Å². The molecule has 0 aliphatic heterocycles. The maximum absolute atomic E-state index is 8.71. The van der Waals surface area contributed by atoms with Crippen LogP contribution in [0.25, 0.3) is 10.1 Å². The van der Waals surface area contributed by atoms with Gasteiger partial charge in [0.25, 0.3) is 0 Å². The summed E-state index contributed by atoms with van der Waals surface area (Å²) in [6, 6.07) is 12.4. The van der Waals surface area contributed by atoms with Crippen molar-refractivity contribution in [1.29, 1.82) is 0 Å². The fourth-order valence-corrected chi connectivity index (χ4v) is 3.08. The summed E-state index contributed by atoms with van der Waals surface area (Å²) in [5.74, 6) is 5.97. The molecule has 2 heterocycles. The third kappa shape index (κ3) is 3.30. The van der Waals surface area contributed by atoms with Gasteiger partial charge in [-0.25, -0.2) is 0 Å². The lowest BCUT2D eigenvalue weighted by molar-refractivity contribution is 0.305. The molecule has 1 aromatic carbocycles. The number of aromatic nitrogens is 1. The zero-order valence-corrected chi connectivity index (χ0v) is 12.4. The molecule has 0 saturated heterocycles. The number of pyridine rings is 1. The smallest absolute Gasteiger partial charge is 0.0625 e. The van der Waals surface area contributed by atoms with Gasteiger partial charge in [-0.05, 0) is 40.6 Å². The molecule has 3 heteroatoms. The van der Waals surface area contributed by atoms with Gasteiger partial charge in [0.2, 0.25) is 0 Å². The molecule has 2 nitrogen and oxygen atoms in total. The monoisotopic (exact) mass is 293 g/mol. The Balaban J connectivity index is 1.79. The molecule has 0 amide bonds. The van der Waals surface area contributed by atoms with Gasteiger partial charge in [0.05, 0.1) is 17.0 Å². The Morgan fingerprint density at radius 2 is 1.95 bits per heavy atom. The Hall–Kier alpha value is -2.15. The molecule has 0 bridgehead atoms. The molecule has 1 N–H and O–H groups in total. The van der Waals surface area contributed by atoms with Crippen molar-refractivity contribution in [2.75, 3.05) is 6.61 Å². The summed E-state index contributed by atoms with van der Waals surface area (Å²) in [6.45, 7) is 0.113. The lowest BCUT2D eigenvalue weighted by atomic mass is 10.1. The highest BCUT2D eigenvalue weighted by atomic mass is 32.1. The number of benzene rings is 1. The highest BCUT2D eigenvalue weighted by Crippen LogP contribution is 2.24. The second-order valence-electron chi connectivity index (χ2n) is 4.75. The van der Waals surface area contributed by atoms with Gasteiger partial charge in [0.1, 0.15) is 0 Å². The van der Waals surface area contributed by atoms with E-state index >= 15 is 0 Å². The van der Waals surface area contributed by atoms with Crippen molar-refractivity contribution in [3.05, 3.63) is 64.8 Å². The number of thiophene rings is 1. The summed E-state index contributed by atoms with van der Waals surface area (Å²) in [5, 5.41) is 12.1. The van der Waals surface area contributed by atoms with Gasteiger partial charge in [-0.2, -0.15) is 0 Å². The predicted octanol–water partition coefficient (Wildman–Crippen LogP) is 3.62. The Kier molecular flexibility index (Phi) is 4.30. The zero-order chi connectivity index (χ0) is 14.5. The first kappa shape index (κ1) is 13.8. The lowest BCUT2D eigenvalue weighted by Gasteiger charge is -2.03. The van der Waals surface area contributed by atoms with E-state index in [2.05, 4.69) is 46.5 Å². The molecule has 104 valence electrons. The van der Waals surface area contributed by atoms with Gasteiger partial charge < -0.3 is 5.11 Å². The number of rotatable bonds is 3. The van der Waals surface area contributed by atoms with Crippen molar-refractivity contribution in [2.45, 2.75) is 12.8 Å². The van der Waals surface area contributed by atoms with Gasteiger partial charge >= 0.3 is 0 Å². The minimum atomic E-state index is 0.113. The average molecular weight is 293 g/mol. The normalized spacial score (nSPS) is 10.3. The standard InChI is InChI=1S/C18H15NOS/c20-11-2-1-3-14-4-6-15(7-5-14)13-17-18-16(8-10-19-17)9-12-21-18/h4-10,12,20H,2,11,13H2. The first-order chi connectivity index (χ1) is 10.4. The van der Waals surface area contributed by atoms with Crippen molar-refractivity contribution in [2.24, 2.45) is 0 Å². The van der Waals surface area contributed by atoms with Crippen molar-refractivity contribution in [1.82, 2.24) is 4.98 Å². The number of fused-ring (bicyclic) bond motifs is 1. The van der Waals surface area contributed by atoms with E-state index in [4.69, 9.17) is 5.11 Å². The van der Waals surface area contributed by atoms with Crippen molar-refractivity contribution >= 4 is 21.4 Å². The third-order valence-electron chi connectivity index (χ3n) is 3.24. The minimum Gasteiger partial charge on any atom is -0.395 e. The van der Waals surface area contributed by atoms with Gasteiger partial charge in [-0.3, -0.25) is 4.98 Å². The van der Waals surface area contributed by atoms with E-state index in [0.717, 1.165) is 17.7 Å². The first-order valence-electron chi connectivity index (χ1n) is 6.86. The highest BCUT2D eigenvalue weighted by molar-refractivity contribution is 7.17. The van der Waals surface area contributed by atoms with Crippen LogP contribution < -0.4 is 0 Å². The van der Waals surface area contributed by atoms with Crippen molar-refractivity contribution in [3.8, 4) is 11.8 Å². The summed E-state index contributed by atoms with van der Waals surface area (Å²) < 4.78 is 1.27. The fourth-order valence-electron chi connectivity index (χ4n) is 2.20. The number of nitrogens with zero attached hydrogens (tertiary/aromatic N) is 1. The molecule has 0 fully saturated rings. The Bertz CT molecular complexity index is 793. The largest absolute Gasteiger partial charge is 0.395 e. The van der Waals surface area contributed by atoms with Crippen LogP contribution in [0.3, 0.4) is 0 Å². The second kappa shape index (κ2) is 6.53. The van der Waals surface area contributed by atoms with E-state index in [-0.39, 0.29) is 6.61 Å². The highest BCUT2D eigenvalue weighted by Gasteiger charge is 2.04. The van der Waals surface area contributed by atoms with Crippen LogP contribution in [0.4, 0.5) is 0 Å². The van der Waals surface area contributed by atoms with Crippen molar-refractivity contribution in [3.63, 3.8) is 0 Å². The molecule has 0 radical (unpaired) electrons. The van der Waals surface area contributed by atoms with E-state index in [1.165, 1.54) is 15.6 Å². The quantitative estimate of drug-likeness (QED) is 0.748. The summed E-state index contributed by atoms with van der Waals surface area (Å²) in [6.07, 6.45) is 3.23. The summed E-state index contributed by atoms with van der Waals surface area (Å²) >= 11 is 1.74. The Morgan fingerprint density at radius 1 is 1.10 bits per heavy atom. The van der Waals surface area contributed by atoms with E-state index in [1.54, 1.807) is 11.3 Å². The van der Waals surface area contributed by atoms with Crippen LogP contribution in [0, 0.1) is 11.8 Å². The lowest BCUT2D eigenvalue weighted by Crippen LogP contribution is -1.92. The van der Waals surface area contributed by atoms with Crippen LogP contribution in [-0.4, -0.2) is 16.7 Å². The maximum Gasteiger partial charge on any atom is 0.0625 e. The molecule has 2 aromatic heterocycles. The molecule has 3 aromatic rings. The topological polar surface area (TPSA) is 33.1 Å². The molecular formula is C18H15NOS. The molecule has 0 unspecified atom stereocenters. The number of aliphatic hydroxyl groups excluding tert-OH is 1. The van der Waals surface area contributed by atoms with Crippen LogP contribution in [0.15, 0.2) is 48.0 Å². The average Bonchev–Trinajstić information content (AvgIpc) is 2.99. The molecule has 3 rings (SSSR count). The van der Waals surface area contributed by atoms with Crippen LogP contribution in [0.5, 0.6) is 0 Å². The molecule has 0 atom stereocenters. The van der Waals surface area contributed by atoms with Crippen LogP contribution in [-0.2, 0) is 6.42 Å². The Morgan fingerprint density at radius 3 is 2.76 bits per heavy atom. The number of hydrogen-bond donors (Lipinski definition) is 1. The number of hydrogen-bond acceptors (Lipinski definition) is 3. The Labute approximate surface area is 128 Å². The van der Waals surface area contributed by atoms with Gasteiger partial charge in [-0.15, -0.1) is 11.3 Å². The summed E-state index contributed by atoms with van der Waals surface area (Å²) in [5.41, 5.74) is 3.34. The predicted molar refractivity (Wildman–Crippen MR) is 87.4 cm³/mol. The molecule has 0 saturated carbocycles. The summed E-state index contributed by atoms with van der Waals surface area (Å²) in [7, 11) is 0. The SMILES string of the molecule is OCCC#Cc1ccc(Cc2nccc3ccsc23)cc1. The molecule has 0 aliphatic carbocycles. The van der Waals surface area contributed by atoms with E-state index in [9.17, 15) is 0 Å². The van der Waals surface area contributed by atoms with E-state index < -0.39 is 0 Å². The fraction of sp³-hybridized carbons (Fsp3) is 0.167.